The van der Waals surface area contributed by atoms with Crippen LogP contribution in [0.25, 0.3) is 0 Å². The summed E-state index contributed by atoms with van der Waals surface area (Å²) >= 11 is 0. The molecule has 0 aliphatic carbocycles. The maximum atomic E-state index is 11.3. The van der Waals surface area contributed by atoms with Gasteiger partial charge in [0.1, 0.15) is 5.78 Å². The van der Waals surface area contributed by atoms with Crippen LogP contribution in [0.15, 0.2) is 0 Å². The van der Waals surface area contributed by atoms with Crippen molar-refractivity contribution in [3.63, 3.8) is 0 Å². The zero-order valence-electron chi connectivity index (χ0n) is 9.36. The number of hydrogen-bond acceptors (Lipinski definition) is 3. The van der Waals surface area contributed by atoms with E-state index in [0.29, 0.717) is 37.1 Å². The van der Waals surface area contributed by atoms with Crippen LogP contribution in [-0.2, 0) is 4.79 Å². The Morgan fingerprint density at radius 1 is 1.50 bits per heavy atom. The topological polar surface area (TPSA) is 40.5 Å². The minimum Gasteiger partial charge on any atom is -0.392 e. The number of hydrogen-bond donors (Lipinski definition) is 1. The molecular weight excluding hydrogens is 178 g/mol. The van der Waals surface area contributed by atoms with Crippen LogP contribution in [0.2, 0.25) is 0 Å². The Morgan fingerprint density at radius 3 is 2.64 bits per heavy atom. The van der Waals surface area contributed by atoms with Crippen molar-refractivity contribution < 1.29 is 9.90 Å². The molecule has 3 heteroatoms. The van der Waals surface area contributed by atoms with Gasteiger partial charge in [0.05, 0.1) is 6.10 Å². The predicted molar refractivity (Wildman–Crippen MR) is 56.1 cm³/mol. The fraction of sp³-hybridized carbons (Fsp3) is 0.909. The second-order valence-corrected chi connectivity index (χ2v) is 4.65. The molecule has 1 fully saturated rings. The molecule has 1 aliphatic heterocycles. The molecule has 0 aromatic carbocycles. The summed E-state index contributed by atoms with van der Waals surface area (Å²) in [6.07, 6.45) is 1.00. The van der Waals surface area contributed by atoms with Crippen LogP contribution in [0.4, 0.5) is 0 Å². The third-order valence-electron chi connectivity index (χ3n) is 2.85. The SMILES string of the molecule is CC(O)CN1CCC(=O)CC1C(C)C. The van der Waals surface area contributed by atoms with Gasteiger partial charge in [-0.3, -0.25) is 9.69 Å². The van der Waals surface area contributed by atoms with Crippen LogP contribution in [0.3, 0.4) is 0 Å². The van der Waals surface area contributed by atoms with E-state index in [9.17, 15) is 9.90 Å². The van der Waals surface area contributed by atoms with Gasteiger partial charge in [0.25, 0.3) is 0 Å². The van der Waals surface area contributed by atoms with E-state index >= 15 is 0 Å². The molecule has 0 amide bonds. The van der Waals surface area contributed by atoms with Crippen LogP contribution < -0.4 is 0 Å². The molecule has 3 nitrogen and oxygen atoms in total. The molecular formula is C11H21NO2. The lowest BCUT2D eigenvalue weighted by molar-refractivity contribution is -0.124. The number of likely N-dealkylation sites (tertiary alicyclic amines) is 1. The minimum absolute atomic E-state index is 0.301. The van der Waals surface area contributed by atoms with Gasteiger partial charge in [-0.05, 0) is 12.8 Å². The molecule has 1 heterocycles. The first kappa shape index (κ1) is 11.7. The van der Waals surface area contributed by atoms with Crippen LogP contribution in [0.5, 0.6) is 0 Å². The molecule has 2 unspecified atom stereocenters. The highest BCUT2D eigenvalue weighted by molar-refractivity contribution is 5.80. The number of aliphatic hydroxyl groups is 1. The first-order chi connectivity index (χ1) is 6.50. The number of piperidine rings is 1. The van der Waals surface area contributed by atoms with Gasteiger partial charge in [-0.2, -0.15) is 0 Å². The van der Waals surface area contributed by atoms with E-state index in [1.807, 2.05) is 0 Å². The Balaban J connectivity index is 2.58. The highest BCUT2D eigenvalue weighted by atomic mass is 16.3. The summed E-state index contributed by atoms with van der Waals surface area (Å²) in [6.45, 7) is 7.58. The highest BCUT2D eigenvalue weighted by Gasteiger charge is 2.29. The van der Waals surface area contributed by atoms with Gasteiger partial charge in [-0.15, -0.1) is 0 Å². The number of rotatable bonds is 3. The Kier molecular flexibility index (Phi) is 4.08. The molecule has 0 spiro atoms. The molecule has 0 saturated carbocycles. The van der Waals surface area contributed by atoms with E-state index in [-0.39, 0.29) is 6.10 Å². The zero-order chi connectivity index (χ0) is 10.7. The van der Waals surface area contributed by atoms with Gasteiger partial charge in [-0.25, -0.2) is 0 Å². The summed E-state index contributed by atoms with van der Waals surface area (Å²) in [4.78, 5) is 13.6. The molecule has 14 heavy (non-hydrogen) atoms. The van der Waals surface area contributed by atoms with Crippen LogP contribution >= 0.6 is 0 Å². The maximum absolute atomic E-state index is 11.3. The lowest BCUT2D eigenvalue weighted by Gasteiger charge is -2.38. The predicted octanol–water partition coefficient (Wildman–Crippen LogP) is 1.06. The van der Waals surface area contributed by atoms with Crippen molar-refractivity contribution in [3.8, 4) is 0 Å². The van der Waals surface area contributed by atoms with E-state index in [4.69, 9.17) is 0 Å². The summed E-state index contributed by atoms with van der Waals surface area (Å²) in [7, 11) is 0. The molecule has 1 aliphatic rings. The highest BCUT2D eigenvalue weighted by Crippen LogP contribution is 2.21. The van der Waals surface area contributed by atoms with E-state index in [0.717, 1.165) is 6.54 Å². The minimum atomic E-state index is -0.301. The Labute approximate surface area is 86.1 Å². The van der Waals surface area contributed by atoms with Crippen molar-refractivity contribution >= 4 is 5.78 Å². The third kappa shape index (κ3) is 3.07. The standard InChI is InChI=1S/C11H21NO2/c1-8(2)11-6-10(14)4-5-12(11)7-9(3)13/h8-9,11,13H,4-7H2,1-3H3. The van der Waals surface area contributed by atoms with E-state index in [1.165, 1.54) is 0 Å². The monoisotopic (exact) mass is 199 g/mol. The van der Waals surface area contributed by atoms with Crippen molar-refractivity contribution in [2.75, 3.05) is 13.1 Å². The lowest BCUT2D eigenvalue weighted by atomic mass is 9.92. The van der Waals surface area contributed by atoms with Crippen LogP contribution in [-0.4, -0.2) is 41.0 Å². The molecule has 82 valence electrons. The Morgan fingerprint density at radius 2 is 2.14 bits per heavy atom. The first-order valence-corrected chi connectivity index (χ1v) is 5.44. The molecule has 1 N–H and O–H groups in total. The summed E-state index contributed by atoms with van der Waals surface area (Å²) in [5.41, 5.74) is 0. The number of nitrogens with zero attached hydrogens (tertiary/aromatic N) is 1. The number of ketones is 1. The van der Waals surface area contributed by atoms with Crippen molar-refractivity contribution in [1.29, 1.82) is 0 Å². The molecule has 2 atom stereocenters. The van der Waals surface area contributed by atoms with Gasteiger partial charge >= 0.3 is 0 Å². The lowest BCUT2D eigenvalue weighted by Crippen LogP contribution is -2.48. The summed E-state index contributed by atoms with van der Waals surface area (Å²) in [5, 5.41) is 9.34. The Bertz CT molecular complexity index is 201. The van der Waals surface area contributed by atoms with Gasteiger partial charge in [0.15, 0.2) is 0 Å². The molecule has 1 rings (SSSR count). The van der Waals surface area contributed by atoms with Crippen LogP contribution in [0.1, 0.15) is 33.6 Å². The van der Waals surface area contributed by atoms with E-state index in [1.54, 1.807) is 6.92 Å². The fourth-order valence-electron chi connectivity index (χ4n) is 2.12. The van der Waals surface area contributed by atoms with Crippen LogP contribution in [0, 0.1) is 5.92 Å². The average molecular weight is 199 g/mol. The quantitative estimate of drug-likeness (QED) is 0.739. The first-order valence-electron chi connectivity index (χ1n) is 5.44. The number of aliphatic hydroxyl groups excluding tert-OH is 1. The van der Waals surface area contributed by atoms with Crippen molar-refractivity contribution in [3.05, 3.63) is 0 Å². The second kappa shape index (κ2) is 4.89. The summed E-state index contributed by atoms with van der Waals surface area (Å²) < 4.78 is 0. The van der Waals surface area contributed by atoms with Gasteiger partial charge in [0.2, 0.25) is 0 Å². The van der Waals surface area contributed by atoms with Crippen molar-refractivity contribution in [2.24, 2.45) is 5.92 Å². The number of carbonyl (C=O) groups excluding carboxylic acids is 1. The fourth-order valence-corrected chi connectivity index (χ4v) is 2.12. The number of Topliss-reactive ketones (excluding diaryl/α,β-unsaturated/α-hetero) is 1. The van der Waals surface area contributed by atoms with Gasteiger partial charge in [-0.1, -0.05) is 13.8 Å². The maximum Gasteiger partial charge on any atom is 0.135 e. The molecule has 0 bridgehead atoms. The Hall–Kier alpha value is -0.410. The molecule has 1 saturated heterocycles. The molecule has 0 aromatic heterocycles. The summed E-state index contributed by atoms with van der Waals surface area (Å²) in [5.74, 6) is 0.851. The largest absolute Gasteiger partial charge is 0.392 e. The van der Waals surface area contributed by atoms with Crippen molar-refractivity contribution in [1.82, 2.24) is 4.90 Å². The average Bonchev–Trinajstić information content (AvgIpc) is 2.07. The van der Waals surface area contributed by atoms with E-state index < -0.39 is 0 Å². The second-order valence-electron chi connectivity index (χ2n) is 4.65. The zero-order valence-corrected chi connectivity index (χ0v) is 9.36. The third-order valence-corrected chi connectivity index (χ3v) is 2.85. The summed E-state index contributed by atoms with van der Waals surface area (Å²) in [6, 6.07) is 0.325. The molecule has 0 radical (unpaired) electrons. The van der Waals surface area contributed by atoms with E-state index in [2.05, 4.69) is 18.7 Å². The smallest absolute Gasteiger partial charge is 0.135 e. The number of β-amino-alcohol motifs (C(OH)–C–C–N with tert-alkyl or cyclic N) is 1. The normalized spacial score (nSPS) is 26.9. The van der Waals surface area contributed by atoms with Gasteiger partial charge < -0.3 is 5.11 Å². The van der Waals surface area contributed by atoms with Gasteiger partial charge in [0, 0.05) is 32.0 Å². The number of carbonyl (C=O) groups is 1. The molecule has 0 aromatic rings. The van der Waals surface area contributed by atoms with Crippen molar-refractivity contribution in [2.45, 2.75) is 45.8 Å².